The van der Waals surface area contributed by atoms with Gasteiger partial charge >= 0.3 is 0 Å². The number of hydrogen-bond donors (Lipinski definition) is 1. The van der Waals surface area contributed by atoms with Crippen LogP contribution in [0, 0.1) is 10.1 Å². The second kappa shape index (κ2) is 4.66. The fourth-order valence-electron chi connectivity index (χ4n) is 1.42. The van der Waals surface area contributed by atoms with Gasteiger partial charge < -0.3 is 9.72 Å². The molecule has 1 heterocycles. The van der Waals surface area contributed by atoms with Crippen LogP contribution in [-0.4, -0.2) is 22.0 Å². The number of nitrogens with one attached hydrogen (secondary N) is 1. The molecule has 0 saturated carbocycles. The summed E-state index contributed by atoms with van der Waals surface area (Å²) in [6.45, 7) is 0. The number of aromatic amines is 1. The number of nitrogens with zero attached hydrogens (tertiary/aromatic N) is 2. The molecule has 0 aliphatic carbocycles. The van der Waals surface area contributed by atoms with Crippen molar-refractivity contribution in [3.63, 3.8) is 0 Å². The minimum atomic E-state index is -0.492. The third kappa shape index (κ3) is 2.19. The highest BCUT2D eigenvalue weighted by Crippen LogP contribution is 2.18. The Hall–Kier alpha value is -2.70. The minimum Gasteiger partial charge on any atom is -0.490 e. The van der Waals surface area contributed by atoms with Crippen LogP contribution in [-0.2, 0) is 0 Å². The fourth-order valence-corrected chi connectivity index (χ4v) is 1.42. The fraction of sp³-hybridized carbons (Fsp3) is 0.0909. The second-order valence-corrected chi connectivity index (χ2v) is 3.43. The van der Waals surface area contributed by atoms with Crippen molar-refractivity contribution in [2.75, 3.05) is 7.11 Å². The maximum Gasteiger partial charge on any atom is 0.293 e. The first kappa shape index (κ1) is 11.8. The van der Waals surface area contributed by atoms with Crippen molar-refractivity contribution < 1.29 is 9.66 Å². The number of rotatable bonds is 3. The van der Waals surface area contributed by atoms with E-state index in [1.807, 2.05) is 0 Å². The molecule has 0 aliphatic rings. The number of ether oxygens (including phenoxy) is 1. The molecule has 0 amide bonds. The predicted molar refractivity (Wildman–Crippen MR) is 63.5 cm³/mol. The van der Waals surface area contributed by atoms with Gasteiger partial charge in [-0.05, 0) is 12.1 Å². The molecular weight excluding hydrogens is 238 g/mol. The summed E-state index contributed by atoms with van der Waals surface area (Å²) in [6, 6.07) is 5.73. The molecule has 0 radical (unpaired) electrons. The Morgan fingerprint density at radius 1 is 1.33 bits per heavy atom. The van der Waals surface area contributed by atoms with Crippen molar-refractivity contribution in [1.29, 1.82) is 0 Å². The van der Waals surface area contributed by atoms with E-state index in [2.05, 4.69) is 9.97 Å². The molecule has 0 aliphatic heterocycles. The van der Waals surface area contributed by atoms with E-state index in [1.165, 1.54) is 37.6 Å². The molecule has 7 nitrogen and oxygen atoms in total. The summed E-state index contributed by atoms with van der Waals surface area (Å²) in [5.74, 6) is 0.441. The number of hydrogen-bond acceptors (Lipinski definition) is 5. The first-order valence-electron chi connectivity index (χ1n) is 5.00. The molecule has 0 fully saturated rings. The van der Waals surface area contributed by atoms with Crippen molar-refractivity contribution in [1.82, 2.24) is 9.97 Å². The van der Waals surface area contributed by atoms with Gasteiger partial charge in [-0.1, -0.05) is 0 Å². The first-order chi connectivity index (χ1) is 8.61. The number of aromatic nitrogens is 2. The standard InChI is InChI=1S/C11H9N3O4/c1-18-9-6-12-10(13-11(9)15)7-2-4-8(5-3-7)14(16)17/h2-6H,1H3,(H,12,13,15). The van der Waals surface area contributed by atoms with Crippen molar-refractivity contribution in [2.24, 2.45) is 0 Å². The maximum absolute atomic E-state index is 11.5. The van der Waals surface area contributed by atoms with Crippen molar-refractivity contribution in [2.45, 2.75) is 0 Å². The molecular formula is C11H9N3O4. The summed E-state index contributed by atoms with van der Waals surface area (Å²) in [4.78, 5) is 28.0. The molecule has 92 valence electrons. The van der Waals surface area contributed by atoms with E-state index in [1.54, 1.807) is 0 Å². The van der Waals surface area contributed by atoms with Gasteiger partial charge in [-0.25, -0.2) is 4.98 Å². The number of non-ortho nitro benzene ring substituents is 1. The van der Waals surface area contributed by atoms with Crippen LogP contribution in [0.4, 0.5) is 5.69 Å². The average Bonchev–Trinajstić information content (AvgIpc) is 2.38. The van der Waals surface area contributed by atoms with Crippen LogP contribution in [0.5, 0.6) is 5.75 Å². The van der Waals surface area contributed by atoms with Gasteiger partial charge in [-0.3, -0.25) is 14.9 Å². The van der Waals surface area contributed by atoms with Gasteiger partial charge in [0.15, 0.2) is 0 Å². The molecule has 0 spiro atoms. The van der Waals surface area contributed by atoms with E-state index in [0.717, 1.165) is 0 Å². The van der Waals surface area contributed by atoms with Crippen molar-refractivity contribution >= 4 is 5.69 Å². The number of nitro groups is 1. The van der Waals surface area contributed by atoms with Gasteiger partial charge in [-0.15, -0.1) is 0 Å². The van der Waals surface area contributed by atoms with Crippen molar-refractivity contribution in [3.8, 4) is 17.1 Å². The topological polar surface area (TPSA) is 98.1 Å². The molecule has 18 heavy (non-hydrogen) atoms. The Morgan fingerprint density at radius 2 is 2.00 bits per heavy atom. The van der Waals surface area contributed by atoms with E-state index in [9.17, 15) is 14.9 Å². The van der Waals surface area contributed by atoms with E-state index < -0.39 is 10.5 Å². The molecule has 0 unspecified atom stereocenters. The Labute approximate surface area is 101 Å². The second-order valence-electron chi connectivity index (χ2n) is 3.43. The van der Waals surface area contributed by atoms with E-state index >= 15 is 0 Å². The van der Waals surface area contributed by atoms with E-state index in [-0.39, 0.29) is 11.4 Å². The summed E-state index contributed by atoms with van der Waals surface area (Å²) in [5.41, 5.74) is 0.163. The SMILES string of the molecule is COc1cnc(-c2ccc([N+](=O)[O-])cc2)[nH]c1=O. The van der Waals surface area contributed by atoms with Gasteiger partial charge in [0.25, 0.3) is 11.2 Å². The highest BCUT2D eigenvalue weighted by molar-refractivity contribution is 5.57. The summed E-state index contributed by atoms with van der Waals surface area (Å²) in [7, 11) is 1.37. The Morgan fingerprint density at radius 3 is 2.50 bits per heavy atom. The van der Waals surface area contributed by atoms with Gasteiger partial charge in [0.05, 0.1) is 18.2 Å². The minimum absolute atomic E-state index is 0.0189. The lowest BCUT2D eigenvalue weighted by Crippen LogP contribution is -2.11. The van der Waals surface area contributed by atoms with E-state index in [0.29, 0.717) is 11.4 Å². The van der Waals surface area contributed by atoms with Crippen LogP contribution < -0.4 is 10.3 Å². The largest absolute Gasteiger partial charge is 0.490 e. The molecule has 0 saturated heterocycles. The molecule has 1 aromatic carbocycles. The van der Waals surface area contributed by atoms with Crippen LogP contribution in [0.25, 0.3) is 11.4 Å². The molecule has 2 aromatic rings. The summed E-state index contributed by atoms with van der Waals surface area (Å²) in [6.07, 6.45) is 1.30. The lowest BCUT2D eigenvalue weighted by Gasteiger charge is -2.02. The number of nitro benzene ring substituents is 1. The number of methoxy groups -OCH3 is 1. The highest BCUT2D eigenvalue weighted by Gasteiger charge is 2.08. The number of benzene rings is 1. The molecule has 0 atom stereocenters. The molecule has 2 rings (SSSR count). The van der Waals surface area contributed by atoms with Gasteiger partial charge in [-0.2, -0.15) is 0 Å². The molecule has 1 N–H and O–H groups in total. The lowest BCUT2D eigenvalue weighted by atomic mass is 10.2. The molecule has 7 heteroatoms. The van der Waals surface area contributed by atoms with Crippen LogP contribution in [0.1, 0.15) is 0 Å². The van der Waals surface area contributed by atoms with Gasteiger partial charge in [0.2, 0.25) is 5.75 Å². The quantitative estimate of drug-likeness (QED) is 0.652. The Bertz CT molecular complexity index is 633. The average molecular weight is 247 g/mol. The van der Waals surface area contributed by atoms with Crippen LogP contribution in [0.15, 0.2) is 35.3 Å². The lowest BCUT2D eigenvalue weighted by molar-refractivity contribution is -0.384. The third-order valence-electron chi connectivity index (χ3n) is 2.34. The number of H-pyrrole nitrogens is 1. The van der Waals surface area contributed by atoms with Gasteiger partial charge in [0.1, 0.15) is 5.82 Å². The van der Waals surface area contributed by atoms with Crippen molar-refractivity contribution in [3.05, 3.63) is 50.9 Å². The summed E-state index contributed by atoms with van der Waals surface area (Å²) >= 11 is 0. The Balaban J connectivity index is 2.40. The monoisotopic (exact) mass is 247 g/mol. The summed E-state index contributed by atoms with van der Waals surface area (Å²) < 4.78 is 4.79. The van der Waals surface area contributed by atoms with Crippen LogP contribution in [0.3, 0.4) is 0 Å². The molecule has 0 bridgehead atoms. The zero-order valence-corrected chi connectivity index (χ0v) is 9.41. The smallest absolute Gasteiger partial charge is 0.293 e. The maximum atomic E-state index is 11.5. The third-order valence-corrected chi connectivity index (χ3v) is 2.34. The van der Waals surface area contributed by atoms with Crippen LogP contribution >= 0.6 is 0 Å². The zero-order valence-electron chi connectivity index (χ0n) is 9.41. The Kier molecular flexibility index (Phi) is 3.05. The first-order valence-corrected chi connectivity index (χ1v) is 5.00. The van der Waals surface area contributed by atoms with Gasteiger partial charge in [0, 0.05) is 17.7 Å². The zero-order chi connectivity index (χ0) is 13.1. The van der Waals surface area contributed by atoms with Crippen LogP contribution in [0.2, 0.25) is 0 Å². The highest BCUT2D eigenvalue weighted by atomic mass is 16.6. The predicted octanol–water partition coefficient (Wildman–Crippen LogP) is 1.35. The normalized spacial score (nSPS) is 10.1. The summed E-state index contributed by atoms with van der Waals surface area (Å²) in [5, 5.41) is 10.5. The van der Waals surface area contributed by atoms with E-state index in [4.69, 9.17) is 4.74 Å². The molecule has 1 aromatic heterocycles.